The van der Waals surface area contributed by atoms with Crippen molar-refractivity contribution in [2.24, 2.45) is 11.8 Å². The van der Waals surface area contributed by atoms with Gasteiger partial charge in [-0.15, -0.1) is 0 Å². The second-order valence-corrected chi connectivity index (χ2v) is 12.2. The summed E-state index contributed by atoms with van der Waals surface area (Å²) in [7, 11) is 0. The Morgan fingerprint density at radius 1 is 0.821 bits per heavy atom. The van der Waals surface area contributed by atoms with Gasteiger partial charge in [-0.05, 0) is 0 Å². The number of hydrogen-bond acceptors (Lipinski definition) is 0. The van der Waals surface area contributed by atoms with Crippen LogP contribution >= 0.6 is 0 Å². The second-order valence-electron chi connectivity index (χ2n) is 8.11. The summed E-state index contributed by atoms with van der Waals surface area (Å²) >= 11 is -1.69. The van der Waals surface area contributed by atoms with Crippen molar-refractivity contribution in [2.45, 2.75) is 38.3 Å². The fourth-order valence-electron chi connectivity index (χ4n) is 4.94. The number of halogens is 2. The molecule has 0 spiro atoms. The van der Waals surface area contributed by atoms with Gasteiger partial charge in [-0.1, -0.05) is 0 Å². The Bertz CT molecular complexity index is 880. The molecule has 4 rings (SSSR count). The largest absolute Gasteiger partial charge is 1.00 e. The van der Waals surface area contributed by atoms with E-state index in [1.54, 1.807) is 15.0 Å². The first kappa shape index (κ1) is 23.4. The van der Waals surface area contributed by atoms with Gasteiger partial charge in [0.25, 0.3) is 0 Å². The molecule has 2 aliphatic rings. The third-order valence-corrected chi connectivity index (χ3v) is 12.1. The first-order chi connectivity index (χ1) is 12.6. The third-order valence-electron chi connectivity index (χ3n) is 5.79. The number of benzene rings is 2. The molecule has 3 heteroatoms. The molecule has 0 N–H and O–H groups in total. The molecule has 0 unspecified atom stereocenters. The first-order valence-electron chi connectivity index (χ1n) is 9.87. The summed E-state index contributed by atoms with van der Waals surface area (Å²) < 4.78 is 4.21. The number of allylic oxidation sites excluding steroid dienone is 4. The summed E-state index contributed by atoms with van der Waals surface area (Å²) in [5.41, 5.74) is 6.10. The molecular weight excluding hydrogens is 419 g/mol. The van der Waals surface area contributed by atoms with Crippen LogP contribution in [0.15, 0.2) is 70.6 Å². The molecular formula is C25H28Cl2Ti. The maximum atomic E-state index is 2.45. The van der Waals surface area contributed by atoms with Crippen LogP contribution in [0.3, 0.4) is 0 Å². The molecule has 2 aromatic rings. The molecule has 0 aromatic heterocycles. The average Bonchev–Trinajstić information content (AvgIpc) is 3.26. The molecule has 0 nitrogen and oxygen atoms in total. The van der Waals surface area contributed by atoms with E-state index in [2.05, 4.69) is 94.5 Å². The van der Waals surface area contributed by atoms with E-state index in [9.17, 15) is 0 Å². The molecule has 0 aliphatic heterocycles. The predicted octanol–water partition coefficient (Wildman–Crippen LogP) is 0.711. The maximum Gasteiger partial charge on any atom is -1.00 e. The van der Waals surface area contributed by atoms with Crippen molar-refractivity contribution in [3.63, 3.8) is 0 Å². The van der Waals surface area contributed by atoms with Crippen LogP contribution in [0.5, 0.6) is 0 Å². The molecule has 0 fully saturated rings. The third kappa shape index (κ3) is 4.03. The van der Waals surface area contributed by atoms with Crippen molar-refractivity contribution >= 4 is 3.81 Å². The van der Waals surface area contributed by atoms with Gasteiger partial charge in [-0.3, -0.25) is 0 Å². The van der Waals surface area contributed by atoms with Crippen LogP contribution in [0.25, 0.3) is 11.1 Å². The Kier molecular flexibility index (Phi) is 8.11. The Labute approximate surface area is 188 Å². The van der Waals surface area contributed by atoms with Crippen molar-refractivity contribution in [3.8, 4) is 11.1 Å². The molecule has 0 heterocycles. The Morgan fingerprint density at radius 3 is 1.75 bits per heavy atom. The number of fused-ring (bicyclic) bond motifs is 3. The fourth-order valence-corrected chi connectivity index (χ4v) is 11.3. The normalized spacial score (nSPS) is 14.0. The van der Waals surface area contributed by atoms with Gasteiger partial charge >= 0.3 is 164 Å². The molecule has 2 aromatic carbocycles. The van der Waals surface area contributed by atoms with Gasteiger partial charge in [0, 0.05) is 0 Å². The van der Waals surface area contributed by atoms with Gasteiger partial charge in [0.15, 0.2) is 0 Å². The summed E-state index contributed by atoms with van der Waals surface area (Å²) in [6.45, 7) is 9.66. The van der Waals surface area contributed by atoms with Crippen molar-refractivity contribution in [2.75, 3.05) is 0 Å². The van der Waals surface area contributed by atoms with E-state index in [4.69, 9.17) is 0 Å². The van der Waals surface area contributed by atoms with Gasteiger partial charge in [0.1, 0.15) is 0 Å². The first-order valence-corrected chi connectivity index (χ1v) is 12.3. The molecule has 0 atom stereocenters. The van der Waals surface area contributed by atoms with Crippen LogP contribution in [0.4, 0.5) is 0 Å². The van der Waals surface area contributed by atoms with Crippen molar-refractivity contribution in [3.05, 3.63) is 81.8 Å². The van der Waals surface area contributed by atoms with E-state index in [-0.39, 0.29) is 24.8 Å². The van der Waals surface area contributed by atoms with E-state index >= 15 is 0 Å². The molecule has 0 amide bonds. The Morgan fingerprint density at radius 2 is 1.32 bits per heavy atom. The molecule has 0 bridgehead atoms. The summed E-state index contributed by atoms with van der Waals surface area (Å²) in [6, 6.07) is 18.3. The maximum absolute atomic E-state index is 2.45. The molecule has 28 heavy (non-hydrogen) atoms. The van der Waals surface area contributed by atoms with E-state index in [1.807, 2.05) is 3.81 Å². The quantitative estimate of drug-likeness (QED) is 0.607. The Balaban J connectivity index is 0.00000140. The van der Waals surface area contributed by atoms with Crippen molar-refractivity contribution in [1.29, 1.82) is 0 Å². The SMILES string of the molecule is CC(C)[C](C(C)C)=[Ti+2]([C]1=CC=CC1)[CH]1c2ccccc2-c2ccccc21.[Cl-].[Cl-]. The van der Waals surface area contributed by atoms with Gasteiger partial charge < -0.3 is 24.8 Å². The monoisotopic (exact) mass is 446 g/mol. The van der Waals surface area contributed by atoms with Gasteiger partial charge in [0.2, 0.25) is 0 Å². The standard InChI is InChI=1S/C13H9.C7H14.C5H5.2ClH.Ti/c1-3-7-12-10(5-1)9-11-6-2-4-8-13(11)12;1-6(2)5-7(3)4;1-2-4-5-3-1;;;/h1-9H;6-7H,1-4H3;1-3H,4H2;2*1H;/q;;;;;+2/p-2. The van der Waals surface area contributed by atoms with Crippen LogP contribution in [0, 0.1) is 11.8 Å². The molecule has 0 radical (unpaired) electrons. The zero-order chi connectivity index (χ0) is 18.3. The van der Waals surface area contributed by atoms with Crippen LogP contribution in [0.1, 0.15) is 49.5 Å². The fraction of sp³-hybridized carbons (Fsp3) is 0.320. The Hall–Kier alpha value is -0.916. The average molecular weight is 447 g/mol. The molecule has 0 saturated carbocycles. The topological polar surface area (TPSA) is 0 Å². The van der Waals surface area contributed by atoms with E-state index in [0.717, 1.165) is 0 Å². The summed E-state index contributed by atoms with van der Waals surface area (Å²) in [6.07, 6.45) is 8.25. The summed E-state index contributed by atoms with van der Waals surface area (Å²) in [5.74, 6) is 1.32. The van der Waals surface area contributed by atoms with E-state index < -0.39 is 17.4 Å². The van der Waals surface area contributed by atoms with Gasteiger partial charge in [-0.25, -0.2) is 0 Å². The minimum Gasteiger partial charge on any atom is -1.00 e. The van der Waals surface area contributed by atoms with Crippen LogP contribution in [-0.2, 0) is 17.4 Å². The van der Waals surface area contributed by atoms with E-state index in [0.29, 0.717) is 16.1 Å². The smallest absolute Gasteiger partial charge is 1.00 e. The van der Waals surface area contributed by atoms with Crippen molar-refractivity contribution in [1.82, 2.24) is 0 Å². The second kappa shape index (κ2) is 9.72. The van der Waals surface area contributed by atoms with Crippen LogP contribution in [0.2, 0.25) is 0 Å². The van der Waals surface area contributed by atoms with Crippen LogP contribution < -0.4 is 24.8 Å². The molecule has 146 valence electrons. The zero-order valence-electron chi connectivity index (χ0n) is 17.0. The van der Waals surface area contributed by atoms with Gasteiger partial charge in [-0.2, -0.15) is 0 Å². The minimum atomic E-state index is -1.69. The number of rotatable bonds is 4. The number of hydrogen-bond donors (Lipinski definition) is 0. The van der Waals surface area contributed by atoms with Crippen molar-refractivity contribution < 1.29 is 42.2 Å². The predicted molar refractivity (Wildman–Crippen MR) is 110 cm³/mol. The molecule has 0 saturated heterocycles. The summed E-state index contributed by atoms with van der Waals surface area (Å²) in [4.78, 5) is 0. The van der Waals surface area contributed by atoms with Crippen LogP contribution in [-0.4, -0.2) is 3.81 Å². The van der Waals surface area contributed by atoms with E-state index in [1.165, 1.54) is 17.5 Å². The minimum absolute atomic E-state index is 0. The van der Waals surface area contributed by atoms with Gasteiger partial charge in [0.05, 0.1) is 0 Å². The zero-order valence-corrected chi connectivity index (χ0v) is 20.1. The summed E-state index contributed by atoms with van der Waals surface area (Å²) in [5, 5.41) is 0. The molecule has 2 aliphatic carbocycles.